The Labute approximate surface area is 270 Å². The molecule has 11 heteroatoms. The van der Waals surface area contributed by atoms with Gasteiger partial charge in [0.05, 0.1) is 19.3 Å². The van der Waals surface area contributed by atoms with Crippen LogP contribution in [-0.2, 0) is 35.6 Å². The van der Waals surface area contributed by atoms with E-state index in [4.69, 9.17) is 10.2 Å². The fourth-order valence-electron chi connectivity index (χ4n) is 5.51. The van der Waals surface area contributed by atoms with Gasteiger partial charge < -0.3 is 41.5 Å². The minimum absolute atomic E-state index is 0.0857. The molecule has 2 atom stereocenters. The highest BCUT2D eigenvalue weighted by Gasteiger charge is 2.32. The lowest BCUT2D eigenvalue weighted by Gasteiger charge is -2.29. The third-order valence-corrected chi connectivity index (χ3v) is 7.97. The zero-order chi connectivity index (χ0) is 33.1. The van der Waals surface area contributed by atoms with Gasteiger partial charge in [-0.2, -0.15) is 0 Å². The largest absolute Gasteiger partial charge is 0.395 e. The number of amides is 4. The van der Waals surface area contributed by atoms with Crippen LogP contribution in [0.4, 0.5) is 4.79 Å². The van der Waals surface area contributed by atoms with Crippen molar-refractivity contribution < 1.29 is 29.7 Å². The number of rotatable bonds is 14. The van der Waals surface area contributed by atoms with Crippen LogP contribution >= 0.6 is 0 Å². The number of benzene rings is 3. The van der Waals surface area contributed by atoms with E-state index in [0.29, 0.717) is 26.1 Å². The van der Waals surface area contributed by atoms with Crippen LogP contribution in [0, 0.1) is 0 Å². The van der Waals surface area contributed by atoms with Gasteiger partial charge in [-0.3, -0.25) is 9.59 Å². The molecular formula is C35H45N5O6. The van der Waals surface area contributed by atoms with E-state index in [1.807, 2.05) is 86.6 Å². The Morgan fingerprint density at radius 3 is 2.37 bits per heavy atom. The Morgan fingerprint density at radius 2 is 1.65 bits per heavy atom. The lowest BCUT2D eigenvalue weighted by atomic mass is 9.98. The van der Waals surface area contributed by atoms with Crippen molar-refractivity contribution in [2.24, 2.45) is 0 Å². The molecule has 0 aliphatic carbocycles. The molecule has 1 aliphatic heterocycles. The molecule has 46 heavy (non-hydrogen) atoms. The zero-order valence-electron chi connectivity index (χ0n) is 26.5. The Kier molecular flexibility index (Phi) is 12.3. The summed E-state index contributed by atoms with van der Waals surface area (Å²) in [5.41, 5.74) is 5.21. The van der Waals surface area contributed by atoms with Crippen LogP contribution in [0.3, 0.4) is 0 Å². The van der Waals surface area contributed by atoms with Gasteiger partial charge in [0.2, 0.25) is 11.8 Å². The van der Waals surface area contributed by atoms with E-state index >= 15 is 0 Å². The molecule has 3 aromatic rings. The van der Waals surface area contributed by atoms with Gasteiger partial charge in [-0.25, -0.2) is 4.79 Å². The molecule has 0 saturated heterocycles. The van der Waals surface area contributed by atoms with Crippen molar-refractivity contribution in [2.45, 2.75) is 64.0 Å². The molecule has 3 aromatic carbocycles. The average Bonchev–Trinajstić information content (AvgIpc) is 3.17. The number of hydrogen-bond acceptors (Lipinski definition) is 7. The SMILES string of the molecule is CC(C)(CC(=O)N[C@@H]1Cc2ccccc2CN(Cc2ccc(-c3ccccc3CNC(=O)NCCO)cc2)C1=O)NC[C@H](O)CO. The standard InChI is InChI=1S/C35H45N5O6/c1-35(2,38-20-29(43)23-42)18-32(44)39-31-17-26-7-3-4-9-28(26)22-40(33(31)45)21-24-11-13-25(14-12-24)30-10-6-5-8-27(30)19-37-34(46)36-15-16-41/h3-14,29,31,38,41-43H,15-23H2,1-2H3,(H,39,44)(H2,36,37,46)/t29-,31+/m0/s1. The molecule has 0 unspecified atom stereocenters. The third kappa shape index (κ3) is 9.85. The van der Waals surface area contributed by atoms with Crippen LogP contribution in [0.15, 0.2) is 72.8 Å². The molecule has 0 spiro atoms. The van der Waals surface area contributed by atoms with E-state index < -0.39 is 17.7 Å². The summed E-state index contributed by atoms with van der Waals surface area (Å²) in [5, 5.41) is 39.2. The first-order valence-corrected chi connectivity index (χ1v) is 15.6. The van der Waals surface area contributed by atoms with Gasteiger partial charge in [-0.1, -0.05) is 72.8 Å². The molecule has 1 aliphatic rings. The van der Waals surface area contributed by atoms with E-state index in [1.54, 1.807) is 4.90 Å². The molecule has 0 radical (unpaired) electrons. The minimum Gasteiger partial charge on any atom is -0.395 e. The molecule has 0 fully saturated rings. The molecule has 1 heterocycles. The predicted octanol–water partition coefficient (Wildman–Crippen LogP) is 1.83. The van der Waals surface area contributed by atoms with Crippen molar-refractivity contribution in [3.63, 3.8) is 0 Å². The maximum atomic E-state index is 13.9. The number of fused-ring (bicyclic) bond motifs is 1. The normalized spacial score (nSPS) is 15.5. The Morgan fingerprint density at radius 1 is 0.957 bits per heavy atom. The van der Waals surface area contributed by atoms with E-state index in [2.05, 4.69) is 21.3 Å². The summed E-state index contributed by atoms with van der Waals surface area (Å²) < 4.78 is 0. The van der Waals surface area contributed by atoms with Crippen LogP contribution in [-0.4, -0.2) is 82.1 Å². The summed E-state index contributed by atoms with van der Waals surface area (Å²) in [6.45, 7) is 4.59. The summed E-state index contributed by atoms with van der Waals surface area (Å²) in [4.78, 5) is 40.8. The number of carbonyl (C=O) groups is 3. The number of nitrogens with zero attached hydrogens (tertiary/aromatic N) is 1. The molecule has 246 valence electrons. The Bertz CT molecular complexity index is 1480. The topological polar surface area (TPSA) is 163 Å². The second kappa shape index (κ2) is 16.3. The quantitative estimate of drug-likeness (QED) is 0.143. The van der Waals surface area contributed by atoms with E-state index in [0.717, 1.165) is 33.4 Å². The molecule has 11 nitrogen and oxygen atoms in total. The Hall–Kier alpha value is -4.29. The maximum absolute atomic E-state index is 13.9. The maximum Gasteiger partial charge on any atom is 0.315 e. The first-order chi connectivity index (χ1) is 22.1. The lowest BCUT2D eigenvalue weighted by Crippen LogP contribution is -2.51. The lowest BCUT2D eigenvalue weighted by molar-refractivity contribution is -0.137. The second-order valence-corrected chi connectivity index (χ2v) is 12.3. The smallest absolute Gasteiger partial charge is 0.315 e. The third-order valence-electron chi connectivity index (χ3n) is 7.97. The summed E-state index contributed by atoms with van der Waals surface area (Å²) in [6.07, 6.45) is -0.453. The fourth-order valence-corrected chi connectivity index (χ4v) is 5.51. The highest BCUT2D eigenvalue weighted by molar-refractivity contribution is 5.89. The summed E-state index contributed by atoms with van der Waals surface area (Å²) in [6, 6.07) is 22.6. The van der Waals surface area contributed by atoms with Crippen molar-refractivity contribution in [1.29, 1.82) is 0 Å². The van der Waals surface area contributed by atoms with Crippen molar-refractivity contribution in [3.05, 3.63) is 95.1 Å². The molecule has 4 amide bonds. The van der Waals surface area contributed by atoms with Crippen molar-refractivity contribution in [3.8, 4) is 11.1 Å². The molecule has 4 rings (SSSR count). The van der Waals surface area contributed by atoms with Crippen LogP contribution in [0.1, 0.15) is 42.5 Å². The van der Waals surface area contributed by atoms with Crippen LogP contribution in [0.2, 0.25) is 0 Å². The molecular weight excluding hydrogens is 586 g/mol. The zero-order valence-corrected chi connectivity index (χ0v) is 26.5. The van der Waals surface area contributed by atoms with Gasteiger partial charge >= 0.3 is 6.03 Å². The van der Waals surface area contributed by atoms with Crippen molar-refractivity contribution >= 4 is 17.8 Å². The number of β-amino-alcohol motifs (C(OH)–C–C–N with tert-alkyl or cyclic N) is 1. The molecule has 0 aromatic heterocycles. The minimum atomic E-state index is -0.923. The van der Waals surface area contributed by atoms with Crippen LogP contribution < -0.4 is 21.3 Å². The van der Waals surface area contributed by atoms with Gasteiger partial charge in [0.1, 0.15) is 6.04 Å². The van der Waals surface area contributed by atoms with E-state index in [-0.39, 0.29) is 50.6 Å². The van der Waals surface area contributed by atoms with Crippen LogP contribution in [0.5, 0.6) is 0 Å². The first-order valence-electron chi connectivity index (χ1n) is 15.6. The Balaban J connectivity index is 1.46. The highest BCUT2D eigenvalue weighted by atomic mass is 16.3. The van der Waals surface area contributed by atoms with Gasteiger partial charge in [0, 0.05) is 51.1 Å². The summed E-state index contributed by atoms with van der Waals surface area (Å²) in [7, 11) is 0. The second-order valence-electron chi connectivity index (χ2n) is 12.3. The first kappa shape index (κ1) is 34.6. The van der Waals surface area contributed by atoms with E-state index in [9.17, 15) is 19.5 Å². The van der Waals surface area contributed by atoms with Gasteiger partial charge in [-0.15, -0.1) is 0 Å². The number of nitrogens with one attached hydrogen (secondary N) is 4. The number of aliphatic hydroxyl groups is 3. The number of urea groups is 1. The van der Waals surface area contributed by atoms with Crippen LogP contribution in [0.25, 0.3) is 11.1 Å². The van der Waals surface area contributed by atoms with Gasteiger partial charge in [0.15, 0.2) is 0 Å². The summed E-state index contributed by atoms with van der Waals surface area (Å²) >= 11 is 0. The fraction of sp³-hybridized carbons (Fsp3) is 0.400. The predicted molar refractivity (Wildman–Crippen MR) is 175 cm³/mol. The van der Waals surface area contributed by atoms with Crippen molar-refractivity contribution in [2.75, 3.05) is 26.3 Å². The van der Waals surface area contributed by atoms with Gasteiger partial charge in [-0.05, 0) is 47.2 Å². The summed E-state index contributed by atoms with van der Waals surface area (Å²) in [5.74, 6) is -0.442. The average molecular weight is 632 g/mol. The number of hydrogen-bond donors (Lipinski definition) is 7. The molecule has 7 N–H and O–H groups in total. The van der Waals surface area contributed by atoms with Crippen molar-refractivity contribution in [1.82, 2.24) is 26.2 Å². The molecule has 0 bridgehead atoms. The monoisotopic (exact) mass is 631 g/mol. The number of aliphatic hydroxyl groups excluding tert-OH is 3. The number of carbonyl (C=O) groups excluding carboxylic acids is 3. The van der Waals surface area contributed by atoms with Gasteiger partial charge in [0.25, 0.3) is 0 Å². The van der Waals surface area contributed by atoms with E-state index in [1.165, 1.54) is 0 Å². The molecule has 0 saturated carbocycles. The highest BCUT2D eigenvalue weighted by Crippen LogP contribution is 2.26.